The predicted octanol–water partition coefficient (Wildman–Crippen LogP) is 5.07. The van der Waals surface area contributed by atoms with Gasteiger partial charge in [0.1, 0.15) is 30.1 Å². The van der Waals surface area contributed by atoms with E-state index in [-0.39, 0.29) is 18.2 Å². The van der Waals surface area contributed by atoms with Gasteiger partial charge in [-0.25, -0.2) is 14.4 Å². The molecule has 0 spiro atoms. The fraction of sp³-hybridized carbons (Fsp3) is 0.222. The van der Waals surface area contributed by atoms with Crippen LogP contribution >= 0.6 is 22.6 Å². The first-order chi connectivity index (χ1) is 17.9. The van der Waals surface area contributed by atoms with Gasteiger partial charge in [0, 0.05) is 22.5 Å². The molecule has 37 heavy (non-hydrogen) atoms. The zero-order chi connectivity index (χ0) is 26.2. The average molecular weight is 616 g/mol. The van der Waals surface area contributed by atoms with Crippen LogP contribution in [0.5, 0.6) is 5.75 Å². The Bertz CT molecular complexity index is 1400. The van der Waals surface area contributed by atoms with E-state index in [1.807, 2.05) is 37.3 Å². The summed E-state index contributed by atoms with van der Waals surface area (Å²) in [6, 6.07) is 10.9. The number of imidazole rings is 1. The van der Waals surface area contributed by atoms with Crippen molar-refractivity contribution in [2.75, 3.05) is 6.61 Å². The summed E-state index contributed by atoms with van der Waals surface area (Å²) in [6.07, 6.45) is 8.77. The van der Waals surface area contributed by atoms with Crippen LogP contribution in [0.25, 0.3) is 6.08 Å². The molecule has 2 aromatic heterocycles. The van der Waals surface area contributed by atoms with Gasteiger partial charge in [-0.2, -0.15) is 0 Å². The van der Waals surface area contributed by atoms with Crippen LogP contribution in [0.4, 0.5) is 4.39 Å². The zero-order valence-corrected chi connectivity index (χ0v) is 22.4. The molecule has 8 nitrogen and oxygen atoms in total. The van der Waals surface area contributed by atoms with Crippen molar-refractivity contribution in [2.24, 2.45) is 5.73 Å². The number of aryl methyl sites for hydroxylation is 1. The first-order valence-electron chi connectivity index (χ1n) is 11.5. The topological polar surface area (TPSA) is 105 Å². The molecular formula is C27H26FIN4O4. The number of primary amides is 1. The van der Waals surface area contributed by atoms with E-state index in [2.05, 4.69) is 32.6 Å². The number of carbonyl (C=O) groups excluding carboxylic acids is 1. The molecular weight excluding hydrogens is 590 g/mol. The molecule has 0 saturated carbocycles. The SMILES string of the molecule is Cc1cc(OCc2coc(/C=C/Cc3ccc(I)cc3F)n2)ccc1COCCn1ccnc1C(N)=O. The first kappa shape index (κ1) is 26.6. The molecule has 0 atom stereocenters. The summed E-state index contributed by atoms with van der Waals surface area (Å²) < 4.78 is 33.6. The van der Waals surface area contributed by atoms with Crippen LogP contribution in [0.1, 0.15) is 38.9 Å². The van der Waals surface area contributed by atoms with Gasteiger partial charge >= 0.3 is 0 Å². The Balaban J connectivity index is 1.22. The van der Waals surface area contributed by atoms with Gasteiger partial charge in [-0.1, -0.05) is 18.2 Å². The van der Waals surface area contributed by atoms with Crippen molar-refractivity contribution in [2.45, 2.75) is 33.1 Å². The summed E-state index contributed by atoms with van der Waals surface area (Å²) in [6.45, 7) is 3.57. The number of nitrogens with zero attached hydrogens (tertiary/aromatic N) is 3. The van der Waals surface area contributed by atoms with Gasteiger partial charge in [0.15, 0.2) is 5.82 Å². The lowest BCUT2D eigenvalue weighted by molar-refractivity contribution is 0.0969. The van der Waals surface area contributed by atoms with E-state index in [1.165, 1.54) is 12.3 Å². The number of aromatic nitrogens is 3. The molecule has 0 fully saturated rings. The highest BCUT2D eigenvalue weighted by atomic mass is 127. The van der Waals surface area contributed by atoms with Gasteiger partial charge < -0.3 is 24.2 Å². The number of nitrogens with two attached hydrogens (primary N) is 1. The number of benzene rings is 2. The summed E-state index contributed by atoms with van der Waals surface area (Å²) in [5.41, 5.74) is 8.64. The van der Waals surface area contributed by atoms with Gasteiger partial charge in [0.2, 0.25) is 5.89 Å². The Kier molecular flexibility index (Phi) is 9.07. The molecule has 4 aromatic rings. The highest BCUT2D eigenvalue weighted by Gasteiger charge is 2.09. The number of allylic oxidation sites excluding steroid dienone is 1. The van der Waals surface area contributed by atoms with Crippen molar-refractivity contribution < 1.29 is 23.1 Å². The minimum absolute atomic E-state index is 0.217. The third-order valence-corrected chi connectivity index (χ3v) is 6.22. The monoisotopic (exact) mass is 616 g/mol. The molecule has 2 N–H and O–H groups in total. The zero-order valence-electron chi connectivity index (χ0n) is 20.2. The van der Waals surface area contributed by atoms with E-state index in [1.54, 1.807) is 29.2 Å². The third-order valence-electron chi connectivity index (χ3n) is 5.55. The standard InChI is InChI=1S/C27H26FIN4O4/c1-18-13-23(8-6-20(18)15-35-12-11-33-10-9-31-27(33)26(30)34)36-16-22-17-37-25(32-22)4-2-3-19-5-7-21(29)14-24(19)28/h2,4-10,13-14,17H,3,11-12,15-16H2,1H3,(H2,30,34)/b4-2+. The summed E-state index contributed by atoms with van der Waals surface area (Å²) in [4.78, 5) is 19.7. The fourth-order valence-electron chi connectivity index (χ4n) is 3.58. The summed E-state index contributed by atoms with van der Waals surface area (Å²) in [5, 5.41) is 0. The van der Waals surface area contributed by atoms with Crippen LogP contribution in [0.3, 0.4) is 0 Å². The molecule has 10 heteroatoms. The lowest BCUT2D eigenvalue weighted by Crippen LogP contribution is -2.19. The molecule has 1 amide bonds. The second kappa shape index (κ2) is 12.6. The number of amides is 1. The van der Waals surface area contributed by atoms with Crippen molar-refractivity contribution >= 4 is 34.6 Å². The first-order valence-corrected chi connectivity index (χ1v) is 12.6. The average Bonchev–Trinajstić information content (AvgIpc) is 3.52. The van der Waals surface area contributed by atoms with Crippen LogP contribution in [0.2, 0.25) is 0 Å². The van der Waals surface area contributed by atoms with Crippen LogP contribution < -0.4 is 10.5 Å². The van der Waals surface area contributed by atoms with Crippen LogP contribution in [-0.4, -0.2) is 27.0 Å². The van der Waals surface area contributed by atoms with Gasteiger partial charge in [-0.15, -0.1) is 0 Å². The third kappa shape index (κ3) is 7.49. The lowest BCUT2D eigenvalue weighted by Gasteiger charge is -2.11. The van der Waals surface area contributed by atoms with E-state index >= 15 is 0 Å². The van der Waals surface area contributed by atoms with E-state index in [9.17, 15) is 9.18 Å². The lowest BCUT2D eigenvalue weighted by atomic mass is 10.1. The highest BCUT2D eigenvalue weighted by molar-refractivity contribution is 14.1. The Morgan fingerprint density at radius 3 is 2.84 bits per heavy atom. The Hall–Kier alpha value is -3.51. The van der Waals surface area contributed by atoms with Gasteiger partial charge in [0.25, 0.3) is 5.91 Å². The van der Waals surface area contributed by atoms with Crippen molar-refractivity contribution in [3.05, 3.63) is 105 Å². The number of hydrogen-bond donors (Lipinski definition) is 1. The summed E-state index contributed by atoms with van der Waals surface area (Å²) >= 11 is 2.08. The second-order valence-corrected chi connectivity index (χ2v) is 9.50. The van der Waals surface area contributed by atoms with Crippen molar-refractivity contribution in [1.29, 1.82) is 0 Å². The molecule has 0 saturated heterocycles. The van der Waals surface area contributed by atoms with Crippen molar-refractivity contribution in [1.82, 2.24) is 14.5 Å². The molecule has 0 aliphatic heterocycles. The molecule has 4 rings (SSSR count). The number of ether oxygens (including phenoxy) is 2. The number of halogens is 2. The second-order valence-electron chi connectivity index (χ2n) is 8.26. The quantitative estimate of drug-likeness (QED) is 0.176. The fourth-order valence-corrected chi connectivity index (χ4v) is 4.03. The van der Waals surface area contributed by atoms with E-state index in [0.717, 1.165) is 14.7 Å². The van der Waals surface area contributed by atoms with Gasteiger partial charge in [-0.3, -0.25) is 4.79 Å². The summed E-state index contributed by atoms with van der Waals surface area (Å²) in [7, 11) is 0. The Labute approximate surface area is 227 Å². The van der Waals surface area contributed by atoms with Gasteiger partial charge in [0.05, 0.1) is 13.2 Å². The maximum absolute atomic E-state index is 13.9. The van der Waals surface area contributed by atoms with Crippen LogP contribution in [-0.2, 0) is 30.9 Å². The molecule has 2 aromatic carbocycles. The minimum atomic E-state index is -0.565. The number of hydrogen-bond acceptors (Lipinski definition) is 6. The van der Waals surface area contributed by atoms with Crippen LogP contribution in [0, 0.1) is 16.3 Å². The highest BCUT2D eigenvalue weighted by Crippen LogP contribution is 2.20. The van der Waals surface area contributed by atoms with E-state index < -0.39 is 5.91 Å². The Morgan fingerprint density at radius 2 is 2.05 bits per heavy atom. The summed E-state index contributed by atoms with van der Waals surface area (Å²) in [5.74, 6) is 0.573. The molecule has 0 aliphatic rings. The smallest absolute Gasteiger partial charge is 0.284 e. The number of rotatable bonds is 12. The van der Waals surface area contributed by atoms with Gasteiger partial charge in [-0.05, 0) is 83.0 Å². The molecule has 192 valence electrons. The molecule has 2 heterocycles. The maximum Gasteiger partial charge on any atom is 0.284 e. The molecule has 0 bridgehead atoms. The van der Waals surface area contributed by atoms with Crippen molar-refractivity contribution in [3.8, 4) is 5.75 Å². The molecule has 0 aliphatic carbocycles. The van der Waals surface area contributed by atoms with Crippen LogP contribution in [0.15, 0.2) is 65.5 Å². The number of carbonyl (C=O) groups is 1. The minimum Gasteiger partial charge on any atom is -0.487 e. The molecule has 0 radical (unpaired) electrons. The Morgan fingerprint density at radius 1 is 1.22 bits per heavy atom. The molecule has 0 unspecified atom stereocenters. The van der Waals surface area contributed by atoms with E-state index in [4.69, 9.17) is 19.6 Å². The largest absolute Gasteiger partial charge is 0.487 e. The van der Waals surface area contributed by atoms with E-state index in [0.29, 0.717) is 49.1 Å². The predicted molar refractivity (Wildman–Crippen MR) is 144 cm³/mol. The normalized spacial score (nSPS) is 11.3. The maximum atomic E-state index is 13.9. The number of oxazole rings is 1. The van der Waals surface area contributed by atoms with Crippen molar-refractivity contribution in [3.63, 3.8) is 0 Å².